The highest BCUT2D eigenvalue weighted by Crippen LogP contribution is 2.28. The van der Waals surface area contributed by atoms with Crippen LogP contribution in [0.25, 0.3) is 11.5 Å². The van der Waals surface area contributed by atoms with Gasteiger partial charge in [-0.05, 0) is 50.6 Å². The number of ether oxygens (including phenoxy) is 1. The molecule has 0 amide bonds. The average molecular weight is 273 g/mol. The molecule has 0 aliphatic carbocycles. The topological polar surface area (TPSA) is 60.2 Å². The largest absolute Gasteiger partial charge is 0.496 e. The zero-order valence-corrected chi connectivity index (χ0v) is 11.8. The van der Waals surface area contributed by atoms with Crippen LogP contribution >= 0.6 is 0 Å². The first-order valence-corrected chi connectivity index (χ1v) is 6.97. The Bertz CT molecular complexity index is 589. The van der Waals surface area contributed by atoms with Crippen molar-refractivity contribution in [3.05, 3.63) is 29.6 Å². The molecule has 2 aromatic rings. The fourth-order valence-corrected chi connectivity index (χ4v) is 2.55. The molecule has 1 aromatic carbocycles. The molecule has 20 heavy (non-hydrogen) atoms. The van der Waals surface area contributed by atoms with E-state index >= 15 is 0 Å². The van der Waals surface area contributed by atoms with Gasteiger partial charge in [0.15, 0.2) is 5.82 Å². The lowest BCUT2D eigenvalue weighted by molar-refractivity contribution is 0.391. The van der Waals surface area contributed by atoms with E-state index in [2.05, 4.69) is 15.5 Å². The van der Waals surface area contributed by atoms with Crippen LogP contribution in [0.4, 0.5) is 0 Å². The fraction of sp³-hybridized carbons (Fsp3) is 0.467. The summed E-state index contributed by atoms with van der Waals surface area (Å²) in [6.45, 7) is 4.05. The summed E-state index contributed by atoms with van der Waals surface area (Å²) in [5, 5.41) is 7.48. The van der Waals surface area contributed by atoms with E-state index in [0.717, 1.165) is 48.6 Å². The average Bonchev–Trinajstić information content (AvgIpc) is 2.98. The van der Waals surface area contributed by atoms with Gasteiger partial charge >= 0.3 is 0 Å². The van der Waals surface area contributed by atoms with E-state index in [1.165, 1.54) is 0 Å². The molecule has 5 heteroatoms. The molecule has 0 bridgehead atoms. The number of hydrogen-bond acceptors (Lipinski definition) is 5. The van der Waals surface area contributed by atoms with Crippen molar-refractivity contribution in [2.24, 2.45) is 0 Å². The zero-order chi connectivity index (χ0) is 13.9. The van der Waals surface area contributed by atoms with Crippen molar-refractivity contribution in [1.82, 2.24) is 15.5 Å². The third-order valence-corrected chi connectivity index (χ3v) is 3.80. The molecule has 1 aliphatic rings. The van der Waals surface area contributed by atoms with Crippen LogP contribution in [0.2, 0.25) is 0 Å². The van der Waals surface area contributed by atoms with Crippen LogP contribution in [-0.4, -0.2) is 30.3 Å². The summed E-state index contributed by atoms with van der Waals surface area (Å²) >= 11 is 0. The minimum absolute atomic E-state index is 0.404. The minimum Gasteiger partial charge on any atom is -0.496 e. The molecule has 0 radical (unpaired) electrons. The Labute approximate surface area is 118 Å². The van der Waals surface area contributed by atoms with E-state index in [0.29, 0.717) is 11.8 Å². The van der Waals surface area contributed by atoms with Crippen LogP contribution in [-0.2, 0) is 0 Å². The van der Waals surface area contributed by atoms with Crippen molar-refractivity contribution in [1.29, 1.82) is 0 Å². The van der Waals surface area contributed by atoms with E-state index in [1.807, 2.05) is 25.1 Å². The van der Waals surface area contributed by atoms with Crippen LogP contribution in [0.15, 0.2) is 22.7 Å². The van der Waals surface area contributed by atoms with Gasteiger partial charge in [-0.25, -0.2) is 0 Å². The maximum Gasteiger partial charge on any atom is 0.258 e. The van der Waals surface area contributed by atoms with Gasteiger partial charge in [-0.1, -0.05) is 11.2 Å². The highest BCUT2D eigenvalue weighted by atomic mass is 16.5. The Balaban J connectivity index is 1.85. The number of nitrogens with zero attached hydrogens (tertiary/aromatic N) is 2. The van der Waals surface area contributed by atoms with Gasteiger partial charge in [0.1, 0.15) is 5.75 Å². The third kappa shape index (κ3) is 2.54. The van der Waals surface area contributed by atoms with E-state index < -0.39 is 0 Å². The van der Waals surface area contributed by atoms with Gasteiger partial charge < -0.3 is 14.6 Å². The molecular formula is C15H19N3O2. The Hall–Kier alpha value is -1.88. The second-order valence-electron chi connectivity index (χ2n) is 5.17. The van der Waals surface area contributed by atoms with Crippen LogP contribution in [0.1, 0.15) is 30.1 Å². The highest BCUT2D eigenvalue weighted by Gasteiger charge is 2.21. The van der Waals surface area contributed by atoms with Gasteiger partial charge in [0, 0.05) is 11.5 Å². The molecule has 106 valence electrons. The monoisotopic (exact) mass is 273 g/mol. The van der Waals surface area contributed by atoms with E-state index in [9.17, 15) is 0 Å². The lowest BCUT2D eigenvalue weighted by atomic mass is 9.98. The van der Waals surface area contributed by atoms with E-state index in [1.54, 1.807) is 7.11 Å². The van der Waals surface area contributed by atoms with Crippen LogP contribution in [0.3, 0.4) is 0 Å². The van der Waals surface area contributed by atoms with E-state index in [-0.39, 0.29) is 0 Å². The maximum atomic E-state index is 5.41. The number of piperidine rings is 1. The summed E-state index contributed by atoms with van der Waals surface area (Å²) in [5.41, 5.74) is 1.99. The molecule has 0 unspecified atom stereocenters. The first-order valence-electron chi connectivity index (χ1n) is 6.97. The number of aromatic nitrogens is 2. The van der Waals surface area contributed by atoms with Crippen molar-refractivity contribution in [3.8, 4) is 17.2 Å². The lowest BCUT2D eigenvalue weighted by Crippen LogP contribution is -2.27. The molecule has 3 rings (SSSR count). The fourth-order valence-electron chi connectivity index (χ4n) is 2.55. The smallest absolute Gasteiger partial charge is 0.258 e. The van der Waals surface area contributed by atoms with Gasteiger partial charge in [0.25, 0.3) is 5.89 Å². The maximum absolute atomic E-state index is 5.41. The molecule has 0 atom stereocenters. The number of rotatable bonds is 3. The van der Waals surface area contributed by atoms with Gasteiger partial charge in [-0.3, -0.25) is 0 Å². The van der Waals surface area contributed by atoms with Crippen LogP contribution in [0.5, 0.6) is 5.75 Å². The molecule has 0 saturated carbocycles. The normalized spacial score (nSPS) is 16.3. The van der Waals surface area contributed by atoms with Crippen molar-refractivity contribution in [2.45, 2.75) is 25.7 Å². The second kappa shape index (κ2) is 5.63. The molecular weight excluding hydrogens is 254 g/mol. The van der Waals surface area contributed by atoms with Gasteiger partial charge in [0.05, 0.1) is 7.11 Å². The summed E-state index contributed by atoms with van der Waals surface area (Å²) < 4.78 is 10.7. The molecule has 2 heterocycles. The number of aryl methyl sites for hydroxylation is 1. The molecule has 1 fully saturated rings. The summed E-state index contributed by atoms with van der Waals surface area (Å²) in [6, 6.07) is 5.93. The van der Waals surface area contributed by atoms with Crippen LogP contribution < -0.4 is 10.1 Å². The standard InChI is InChI=1S/C15H19N3O2/c1-10-3-4-12(9-13(10)19-2)15-17-14(18-20-15)11-5-7-16-8-6-11/h3-4,9,11,16H,5-8H2,1-2H3. The Morgan fingerprint density at radius 1 is 1.30 bits per heavy atom. The van der Waals surface area contributed by atoms with Gasteiger partial charge in [-0.15, -0.1) is 0 Å². The minimum atomic E-state index is 0.404. The highest BCUT2D eigenvalue weighted by molar-refractivity contribution is 5.57. The molecule has 5 nitrogen and oxygen atoms in total. The second-order valence-corrected chi connectivity index (χ2v) is 5.17. The van der Waals surface area contributed by atoms with Crippen molar-refractivity contribution >= 4 is 0 Å². The van der Waals surface area contributed by atoms with Crippen molar-refractivity contribution in [2.75, 3.05) is 20.2 Å². The number of methoxy groups -OCH3 is 1. The number of nitrogens with one attached hydrogen (secondary N) is 1. The first-order chi connectivity index (χ1) is 9.78. The van der Waals surface area contributed by atoms with E-state index in [4.69, 9.17) is 9.26 Å². The lowest BCUT2D eigenvalue weighted by Gasteiger charge is -2.18. The molecule has 1 N–H and O–H groups in total. The van der Waals surface area contributed by atoms with Gasteiger partial charge in [0.2, 0.25) is 0 Å². The molecule has 1 aliphatic heterocycles. The number of hydrogen-bond donors (Lipinski definition) is 1. The predicted octanol–water partition coefficient (Wildman–Crippen LogP) is 2.52. The predicted molar refractivity (Wildman–Crippen MR) is 75.9 cm³/mol. The van der Waals surface area contributed by atoms with Crippen molar-refractivity contribution in [3.63, 3.8) is 0 Å². The van der Waals surface area contributed by atoms with Crippen molar-refractivity contribution < 1.29 is 9.26 Å². The Morgan fingerprint density at radius 2 is 2.10 bits per heavy atom. The summed E-state index contributed by atoms with van der Waals surface area (Å²) in [6.07, 6.45) is 2.13. The Kier molecular flexibility index (Phi) is 3.69. The zero-order valence-electron chi connectivity index (χ0n) is 11.8. The molecule has 1 aromatic heterocycles. The van der Waals surface area contributed by atoms with Gasteiger partial charge in [-0.2, -0.15) is 4.98 Å². The first kappa shape index (κ1) is 13.1. The quantitative estimate of drug-likeness (QED) is 0.931. The number of benzene rings is 1. The SMILES string of the molecule is COc1cc(-c2nc(C3CCNCC3)no2)ccc1C. The summed E-state index contributed by atoms with van der Waals surface area (Å²) in [7, 11) is 1.67. The van der Waals surface area contributed by atoms with Crippen LogP contribution in [0, 0.1) is 6.92 Å². The molecule has 1 saturated heterocycles. The summed E-state index contributed by atoms with van der Waals surface area (Å²) in [4.78, 5) is 4.55. The summed E-state index contributed by atoms with van der Waals surface area (Å²) in [5.74, 6) is 2.63. The third-order valence-electron chi connectivity index (χ3n) is 3.80. The molecule has 0 spiro atoms. The Morgan fingerprint density at radius 3 is 2.85 bits per heavy atom.